The molecule has 2 saturated carbocycles. The molecule has 0 radical (unpaired) electrons. The smallest absolute Gasteiger partial charge is 0.403 e. The largest absolute Gasteiger partial charge is 0.493 e. The molecule has 1 saturated heterocycles. The van der Waals surface area contributed by atoms with Crippen molar-refractivity contribution in [1.82, 2.24) is 4.90 Å². The van der Waals surface area contributed by atoms with Crippen molar-refractivity contribution in [2.75, 3.05) is 13.2 Å². The first-order chi connectivity index (χ1) is 19.3. The molecule has 7 nitrogen and oxygen atoms in total. The predicted molar refractivity (Wildman–Crippen MR) is 144 cm³/mol. The fourth-order valence-corrected chi connectivity index (χ4v) is 7.72. The summed E-state index contributed by atoms with van der Waals surface area (Å²) in [6, 6.07) is 12.9. The number of amides is 1. The van der Waals surface area contributed by atoms with E-state index < -0.39 is 69.2 Å². The topological polar surface area (TPSA) is 105 Å². The average molecular weight is 589 g/mol. The Kier molecular flexibility index (Phi) is 7.21. The number of nitrogens with zero attached hydrogens (tertiary/aromatic N) is 2. The van der Waals surface area contributed by atoms with Crippen LogP contribution in [0.4, 0.5) is 13.2 Å². The van der Waals surface area contributed by atoms with Gasteiger partial charge in [0.2, 0.25) is 5.91 Å². The number of aryl methyl sites for hydroxylation is 1. The fourth-order valence-electron chi connectivity index (χ4n) is 5.80. The molecule has 0 aromatic heterocycles. The maximum atomic E-state index is 13.9. The molecule has 2 aromatic rings. The van der Waals surface area contributed by atoms with Crippen molar-refractivity contribution in [1.29, 1.82) is 5.26 Å². The van der Waals surface area contributed by atoms with Crippen molar-refractivity contribution in [3.63, 3.8) is 0 Å². The number of nitriles is 1. The van der Waals surface area contributed by atoms with Crippen molar-refractivity contribution in [3.8, 4) is 22.9 Å². The monoisotopic (exact) mass is 588 g/mol. The van der Waals surface area contributed by atoms with E-state index in [9.17, 15) is 36.4 Å². The molecule has 3 fully saturated rings. The summed E-state index contributed by atoms with van der Waals surface area (Å²) in [5.41, 5.74) is -1.53. The number of carbonyl (C=O) groups excluding carboxylic acids is 2. The highest BCUT2D eigenvalue weighted by Crippen LogP contribution is 2.59. The Morgan fingerprint density at radius 3 is 2.37 bits per heavy atom. The molecule has 3 aliphatic rings. The van der Waals surface area contributed by atoms with Crippen LogP contribution in [0.25, 0.3) is 11.1 Å². The highest BCUT2D eigenvalue weighted by molar-refractivity contribution is 7.92. The molecule has 11 heteroatoms. The molecular formula is C30H31F3N2O5S. The lowest BCUT2D eigenvalue weighted by Crippen LogP contribution is -2.49. The van der Waals surface area contributed by atoms with Crippen LogP contribution in [0, 0.1) is 29.1 Å². The van der Waals surface area contributed by atoms with E-state index >= 15 is 0 Å². The number of hydrogen-bond acceptors (Lipinski definition) is 6. The highest BCUT2D eigenvalue weighted by atomic mass is 32.2. The van der Waals surface area contributed by atoms with Gasteiger partial charge in [-0.3, -0.25) is 9.59 Å². The molecule has 5 rings (SSSR count). The Balaban J connectivity index is 1.46. The van der Waals surface area contributed by atoms with Gasteiger partial charge in [-0.05, 0) is 69.2 Å². The standard InChI is InChI=1S/C30H31F3N2O5S/c1-3-40-25-7-5-4-6-22(25)20-8-9-26(19(2)14-20)41(38,39)21-15-23(24(36)16-28(18-34)10-11-28)35(17-21)27(37)29(12-13-29)30(31,32)33/h4-9,14,21,23H,3,10-13,15-17H2,1-2H3/t21-,23+/m1/s1. The van der Waals surface area contributed by atoms with Crippen molar-refractivity contribution >= 4 is 21.5 Å². The number of sulfone groups is 1. The first-order valence-corrected chi connectivity index (χ1v) is 15.2. The molecule has 2 aromatic carbocycles. The first kappa shape index (κ1) is 29.1. The maximum Gasteiger partial charge on any atom is 0.403 e. The van der Waals surface area contributed by atoms with Gasteiger partial charge in [0.1, 0.15) is 11.2 Å². The Labute approximate surface area is 237 Å². The molecule has 1 amide bonds. The van der Waals surface area contributed by atoms with Crippen LogP contribution in [-0.2, 0) is 19.4 Å². The molecule has 2 atom stereocenters. The summed E-state index contributed by atoms with van der Waals surface area (Å²) in [6.07, 6.45) is -5.13. The van der Waals surface area contributed by atoms with Gasteiger partial charge in [-0.25, -0.2) is 8.42 Å². The summed E-state index contributed by atoms with van der Waals surface area (Å²) < 4.78 is 75.0. The van der Waals surface area contributed by atoms with Crippen LogP contribution >= 0.6 is 0 Å². The zero-order valence-corrected chi connectivity index (χ0v) is 23.6. The van der Waals surface area contributed by atoms with E-state index in [4.69, 9.17) is 4.74 Å². The number of para-hydroxylation sites is 1. The van der Waals surface area contributed by atoms with Crippen LogP contribution in [0.15, 0.2) is 47.4 Å². The van der Waals surface area contributed by atoms with Gasteiger partial charge < -0.3 is 9.64 Å². The van der Waals surface area contributed by atoms with E-state index in [1.54, 1.807) is 19.1 Å². The predicted octanol–water partition coefficient (Wildman–Crippen LogP) is 5.41. The third-order valence-electron chi connectivity index (χ3n) is 8.62. The van der Waals surface area contributed by atoms with Gasteiger partial charge in [0.25, 0.3) is 0 Å². The second-order valence-corrected chi connectivity index (χ2v) is 13.6. The molecule has 2 aliphatic carbocycles. The number of Topliss-reactive ketones (excluding diaryl/α,β-unsaturated/α-hetero) is 1. The van der Waals surface area contributed by atoms with E-state index in [0.717, 1.165) is 16.0 Å². The van der Waals surface area contributed by atoms with Gasteiger partial charge in [0.15, 0.2) is 15.6 Å². The van der Waals surface area contributed by atoms with Gasteiger partial charge in [0, 0.05) is 18.5 Å². The van der Waals surface area contributed by atoms with Gasteiger partial charge >= 0.3 is 6.18 Å². The molecule has 1 aliphatic heterocycles. The van der Waals surface area contributed by atoms with Crippen molar-refractivity contribution < 1.29 is 35.9 Å². The maximum absolute atomic E-state index is 13.9. The minimum absolute atomic E-state index is 0.00622. The number of hydrogen-bond donors (Lipinski definition) is 0. The Bertz CT molecular complexity index is 1540. The molecule has 0 N–H and O–H groups in total. The van der Waals surface area contributed by atoms with Crippen LogP contribution in [0.2, 0.25) is 0 Å². The molecule has 0 unspecified atom stereocenters. The lowest BCUT2D eigenvalue weighted by Gasteiger charge is -2.29. The number of benzene rings is 2. The first-order valence-electron chi connectivity index (χ1n) is 13.7. The van der Waals surface area contributed by atoms with E-state index in [2.05, 4.69) is 6.07 Å². The summed E-state index contributed by atoms with van der Waals surface area (Å²) in [6.45, 7) is 3.43. The van der Waals surface area contributed by atoms with Crippen LogP contribution in [0.3, 0.4) is 0 Å². The minimum atomic E-state index is -4.80. The SMILES string of the molecule is CCOc1ccccc1-c1ccc(S(=O)(=O)[C@@H]2C[C@@H](C(=O)CC3(C#N)CC3)N(C(=O)C3(C(F)(F)F)CC3)C2)c(C)c1. The number of rotatable bonds is 9. The Hall–Kier alpha value is -3.39. The number of likely N-dealkylation sites (tertiary alicyclic amines) is 1. The van der Waals surface area contributed by atoms with Crippen LogP contribution < -0.4 is 4.74 Å². The second kappa shape index (κ2) is 10.2. The second-order valence-electron chi connectivity index (χ2n) is 11.4. The lowest BCUT2D eigenvalue weighted by atomic mass is 9.95. The molecule has 218 valence electrons. The zero-order valence-electron chi connectivity index (χ0n) is 22.8. The third kappa shape index (κ3) is 5.11. The quantitative estimate of drug-likeness (QED) is 0.388. The Morgan fingerprint density at radius 1 is 1.12 bits per heavy atom. The molecule has 1 heterocycles. The summed E-state index contributed by atoms with van der Waals surface area (Å²) in [4.78, 5) is 27.4. The van der Waals surface area contributed by atoms with Gasteiger partial charge in [0.05, 0.1) is 34.3 Å². The van der Waals surface area contributed by atoms with Gasteiger partial charge in [-0.1, -0.05) is 30.3 Å². The van der Waals surface area contributed by atoms with Crippen LogP contribution in [-0.4, -0.2) is 55.6 Å². The van der Waals surface area contributed by atoms with Crippen molar-refractivity contribution in [2.24, 2.45) is 10.8 Å². The highest BCUT2D eigenvalue weighted by Gasteiger charge is 2.70. The number of halogens is 3. The van der Waals surface area contributed by atoms with Crippen LogP contribution in [0.1, 0.15) is 51.0 Å². The fraction of sp³-hybridized carbons (Fsp3) is 0.500. The number of carbonyl (C=O) groups is 2. The van der Waals surface area contributed by atoms with E-state index in [1.165, 1.54) is 6.07 Å². The zero-order chi connectivity index (χ0) is 29.8. The molecule has 0 bridgehead atoms. The summed E-state index contributed by atoms with van der Waals surface area (Å²) in [7, 11) is -4.14. The number of ketones is 1. The Morgan fingerprint density at radius 2 is 1.80 bits per heavy atom. The minimum Gasteiger partial charge on any atom is -0.493 e. The summed E-state index contributed by atoms with van der Waals surface area (Å²) >= 11 is 0. The number of ether oxygens (including phenoxy) is 1. The molecule has 41 heavy (non-hydrogen) atoms. The van der Waals surface area contributed by atoms with Gasteiger partial charge in [-0.2, -0.15) is 18.4 Å². The lowest BCUT2D eigenvalue weighted by molar-refractivity contribution is -0.199. The van der Waals surface area contributed by atoms with E-state index in [1.807, 2.05) is 31.2 Å². The van der Waals surface area contributed by atoms with Crippen molar-refractivity contribution in [3.05, 3.63) is 48.0 Å². The normalized spacial score (nSPS) is 22.6. The van der Waals surface area contributed by atoms with Crippen molar-refractivity contribution in [2.45, 2.75) is 74.7 Å². The average Bonchev–Trinajstić information content (AvgIpc) is 3.84. The van der Waals surface area contributed by atoms with E-state index in [-0.39, 0.29) is 17.7 Å². The van der Waals surface area contributed by atoms with Crippen LogP contribution in [0.5, 0.6) is 5.75 Å². The summed E-state index contributed by atoms with van der Waals surface area (Å²) in [5, 5.41) is 8.18. The summed E-state index contributed by atoms with van der Waals surface area (Å²) in [5.74, 6) is -1.17. The number of alkyl halides is 3. The molecular weight excluding hydrogens is 557 g/mol. The van der Waals surface area contributed by atoms with Gasteiger partial charge in [-0.15, -0.1) is 0 Å². The third-order valence-corrected chi connectivity index (χ3v) is 10.9. The van der Waals surface area contributed by atoms with E-state index in [0.29, 0.717) is 30.8 Å². The molecule has 0 spiro atoms.